The second-order valence-corrected chi connectivity index (χ2v) is 5.79. The Bertz CT molecular complexity index is 504. The molecular formula is C12H21N3O10. The minimum Gasteiger partial charge on any atom is -0.394 e. The van der Waals surface area contributed by atoms with E-state index >= 15 is 0 Å². The summed E-state index contributed by atoms with van der Waals surface area (Å²) in [4.78, 5) is 2.49. The van der Waals surface area contributed by atoms with Crippen LogP contribution in [0.25, 0.3) is 10.4 Å². The van der Waals surface area contributed by atoms with E-state index < -0.39 is 68.0 Å². The van der Waals surface area contributed by atoms with Gasteiger partial charge in [0, 0.05) is 4.91 Å². The number of hydrogen-bond acceptors (Lipinski definition) is 11. The number of azide groups is 1. The summed E-state index contributed by atoms with van der Waals surface area (Å²) in [5.41, 5.74) is 8.32. The van der Waals surface area contributed by atoms with E-state index in [-0.39, 0.29) is 6.54 Å². The predicted molar refractivity (Wildman–Crippen MR) is 75.6 cm³/mol. The zero-order valence-corrected chi connectivity index (χ0v) is 12.9. The largest absolute Gasteiger partial charge is 0.394 e. The SMILES string of the molecule is [N-]=[N+]=NC[C@H]1O[C@@](CO)(O[C@H]2O[C@H](CO)[C@@H](O)[C@H](O)[C@H]2O)[C@@H](O)[C@@H]1O. The molecule has 2 aliphatic heterocycles. The number of rotatable bonds is 6. The lowest BCUT2D eigenvalue weighted by Crippen LogP contribution is -2.62. The van der Waals surface area contributed by atoms with Gasteiger partial charge in [-0.1, -0.05) is 5.11 Å². The summed E-state index contributed by atoms with van der Waals surface area (Å²) in [6.45, 7) is -2.05. The summed E-state index contributed by atoms with van der Waals surface area (Å²) in [7, 11) is 0. The molecule has 144 valence electrons. The minimum atomic E-state index is -2.25. The highest BCUT2D eigenvalue weighted by Crippen LogP contribution is 2.36. The second-order valence-electron chi connectivity index (χ2n) is 5.79. The van der Waals surface area contributed by atoms with Gasteiger partial charge in [0.15, 0.2) is 6.29 Å². The molecule has 0 bridgehead atoms. The Labute approximate surface area is 141 Å². The Morgan fingerprint density at radius 2 is 1.68 bits per heavy atom. The molecule has 2 heterocycles. The number of ether oxygens (including phenoxy) is 3. The maximum atomic E-state index is 10.1. The second kappa shape index (κ2) is 8.07. The lowest BCUT2D eigenvalue weighted by Gasteiger charge is -2.43. The number of nitrogens with zero attached hydrogens (tertiary/aromatic N) is 3. The molecule has 2 aliphatic rings. The van der Waals surface area contributed by atoms with Crippen molar-refractivity contribution in [3.63, 3.8) is 0 Å². The first-order valence-electron chi connectivity index (χ1n) is 7.45. The van der Waals surface area contributed by atoms with Crippen LogP contribution >= 0.6 is 0 Å². The molecule has 0 aromatic carbocycles. The topological polar surface area (TPSA) is 218 Å². The van der Waals surface area contributed by atoms with Crippen LogP contribution in [0, 0.1) is 0 Å². The lowest BCUT2D eigenvalue weighted by molar-refractivity contribution is -0.382. The van der Waals surface area contributed by atoms with E-state index in [1.54, 1.807) is 0 Å². The van der Waals surface area contributed by atoms with Crippen LogP contribution < -0.4 is 0 Å². The third kappa shape index (κ3) is 3.72. The molecule has 13 heteroatoms. The number of hydrogen-bond donors (Lipinski definition) is 7. The van der Waals surface area contributed by atoms with Gasteiger partial charge in [-0.25, -0.2) is 0 Å². The van der Waals surface area contributed by atoms with E-state index in [0.717, 1.165) is 0 Å². The van der Waals surface area contributed by atoms with Crippen LogP contribution in [-0.2, 0) is 14.2 Å². The highest BCUT2D eigenvalue weighted by Gasteiger charge is 2.58. The van der Waals surface area contributed by atoms with Gasteiger partial charge in [0.25, 0.3) is 0 Å². The molecule has 0 unspecified atom stereocenters. The van der Waals surface area contributed by atoms with Crippen LogP contribution in [0.3, 0.4) is 0 Å². The molecule has 0 aliphatic carbocycles. The third-order valence-electron chi connectivity index (χ3n) is 4.22. The molecule has 13 nitrogen and oxygen atoms in total. The summed E-state index contributed by atoms with van der Waals surface area (Å²) in [5, 5.41) is 71.5. The lowest BCUT2D eigenvalue weighted by atomic mass is 9.99. The van der Waals surface area contributed by atoms with Gasteiger partial charge in [-0.2, -0.15) is 0 Å². The van der Waals surface area contributed by atoms with Crippen LogP contribution in [0.5, 0.6) is 0 Å². The average molecular weight is 367 g/mol. The van der Waals surface area contributed by atoms with Crippen molar-refractivity contribution in [1.29, 1.82) is 0 Å². The van der Waals surface area contributed by atoms with Crippen molar-refractivity contribution in [2.45, 2.75) is 54.8 Å². The van der Waals surface area contributed by atoms with Crippen molar-refractivity contribution in [3.8, 4) is 0 Å². The highest BCUT2D eigenvalue weighted by atomic mass is 16.8. The van der Waals surface area contributed by atoms with Crippen molar-refractivity contribution >= 4 is 0 Å². The van der Waals surface area contributed by atoms with Crippen molar-refractivity contribution < 1.29 is 50.0 Å². The Balaban J connectivity index is 2.18. The fourth-order valence-corrected chi connectivity index (χ4v) is 2.75. The first-order chi connectivity index (χ1) is 11.8. The summed E-state index contributed by atoms with van der Waals surface area (Å²) in [6, 6.07) is 0. The molecule has 2 saturated heterocycles. The van der Waals surface area contributed by atoms with Gasteiger partial charge in [-0.05, 0) is 5.53 Å². The molecule has 0 aromatic heterocycles. The smallest absolute Gasteiger partial charge is 0.223 e. The maximum absolute atomic E-state index is 10.1. The van der Waals surface area contributed by atoms with Gasteiger partial charge < -0.3 is 50.0 Å². The van der Waals surface area contributed by atoms with E-state index in [1.807, 2.05) is 0 Å². The normalized spacial score (nSPS) is 47.5. The Kier molecular flexibility index (Phi) is 6.53. The van der Waals surface area contributed by atoms with E-state index in [1.165, 1.54) is 0 Å². The molecule has 0 radical (unpaired) electrons. The third-order valence-corrected chi connectivity index (χ3v) is 4.22. The van der Waals surface area contributed by atoms with Gasteiger partial charge in [-0.3, -0.25) is 0 Å². The van der Waals surface area contributed by atoms with Gasteiger partial charge in [-0.15, -0.1) is 0 Å². The van der Waals surface area contributed by atoms with E-state index in [9.17, 15) is 30.6 Å². The van der Waals surface area contributed by atoms with Crippen LogP contribution in [0.15, 0.2) is 5.11 Å². The van der Waals surface area contributed by atoms with Gasteiger partial charge >= 0.3 is 0 Å². The Hall–Kier alpha value is -1.09. The average Bonchev–Trinajstić information content (AvgIpc) is 2.85. The standard InChI is InChI=1S/C12H21N3O10/c13-15-14-1-4-7(19)10(22)12(3-17,24-4)25-11-9(21)8(20)6(18)5(2-16)23-11/h4-11,16-22H,1-3H2/t4-,5-,6-,7-,8+,9-,10+,11-,12+/m1/s1. The molecule has 0 aromatic rings. The Morgan fingerprint density at radius 3 is 2.24 bits per heavy atom. The number of aliphatic hydroxyl groups excluding tert-OH is 7. The maximum Gasteiger partial charge on any atom is 0.223 e. The summed E-state index contributed by atoms with van der Waals surface area (Å²) in [5.74, 6) is -2.25. The molecular weight excluding hydrogens is 346 g/mol. The van der Waals surface area contributed by atoms with E-state index in [4.69, 9.17) is 24.8 Å². The van der Waals surface area contributed by atoms with Crippen molar-refractivity contribution in [2.75, 3.05) is 19.8 Å². The summed E-state index contributed by atoms with van der Waals surface area (Å²) < 4.78 is 15.7. The van der Waals surface area contributed by atoms with Crippen LogP contribution in [0.1, 0.15) is 0 Å². The van der Waals surface area contributed by atoms with Crippen LogP contribution in [0.4, 0.5) is 0 Å². The molecule has 25 heavy (non-hydrogen) atoms. The van der Waals surface area contributed by atoms with E-state index in [0.29, 0.717) is 0 Å². The molecule has 2 rings (SSSR count). The quantitative estimate of drug-likeness (QED) is 0.137. The summed E-state index contributed by atoms with van der Waals surface area (Å²) in [6.07, 6.45) is -12.7. The Morgan fingerprint density at radius 1 is 1.00 bits per heavy atom. The van der Waals surface area contributed by atoms with Crippen LogP contribution in [0.2, 0.25) is 0 Å². The number of aliphatic hydroxyl groups is 7. The fourth-order valence-electron chi connectivity index (χ4n) is 2.75. The van der Waals surface area contributed by atoms with Crippen molar-refractivity contribution in [2.24, 2.45) is 5.11 Å². The first kappa shape index (κ1) is 20.2. The van der Waals surface area contributed by atoms with Crippen molar-refractivity contribution in [3.05, 3.63) is 10.4 Å². The molecule has 9 atom stereocenters. The van der Waals surface area contributed by atoms with Crippen molar-refractivity contribution in [1.82, 2.24) is 0 Å². The van der Waals surface area contributed by atoms with Gasteiger partial charge in [0.1, 0.15) is 43.2 Å². The highest BCUT2D eigenvalue weighted by molar-refractivity contribution is 4.99. The molecule has 0 spiro atoms. The molecule has 7 N–H and O–H groups in total. The first-order valence-corrected chi connectivity index (χ1v) is 7.45. The molecule has 0 saturated carbocycles. The van der Waals surface area contributed by atoms with Gasteiger partial charge in [0.05, 0.1) is 19.3 Å². The van der Waals surface area contributed by atoms with Gasteiger partial charge in [0.2, 0.25) is 5.79 Å². The van der Waals surface area contributed by atoms with E-state index in [2.05, 4.69) is 10.0 Å². The molecule has 0 amide bonds. The zero-order valence-electron chi connectivity index (χ0n) is 12.9. The fraction of sp³-hybridized carbons (Fsp3) is 1.00. The molecule has 2 fully saturated rings. The minimum absolute atomic E-state index is 0.367. The van der Waals surface area contributed by atoms with Crippen LogP contribution in [-0.4, -0.2) is 110 Å². The predicted octanol–water partition coefficient (Wildman–Crippen LogP) is -4.08. The summed E-state index contributed by atoms with van der Waals surface area (Å²) >= 11 is 0. The zero-order chi connectivity index (χ0) is 18.8. The monoisotopic (exact) mass is 367 g/mol.